The lowest BCUT2D eigenvalue weighted by Gasteiger charge is -2.21. The molecule has 206 valence electrons. The number of aromatic nitrogens is 6. The number of ether oxygens (including phenoxy) is 3. The van der Waals surface area contributed by atoms with Gasteiger partial charge in [0, 0.05) is 12.0 Å². The van der Waals surface area contributed by atoms with Crippen molar-refractivity contribution < 1.29 is 27.0 Å². The molecular weight excluding hydrogens is 529 g/mol. The molecule has 0 saturated carbocycles. The summed E-state index contributed by atoms with van der Waals surface area (Å²) < 4.78 is 61.1. The largest absolute Gasteiger partial charge is 0.494 e. The second-order valence-electron chi connectivity index (χ2n) is 8.39. The van der Waals surface area contributed by atoms with Crippen LogP contribution in [-0.4, -0.2) is 64.2 Å². The van der Waals surface area contributed by atoms with Gasteiger partial charge in [0.05, 0.1) is 38.5 Å². The Balaban J connectivity index is 1.84. The SMILES string of the molecule is CCOc1cccc(-c2nnc(NS(=O)(=O)[C@@H](C)[C@H](C)c3ncc(F)cn3)n2-c2c(OC)cccc2OC)n1. The molecule has 0 spiro atoms. The first-order valence-electron chi connectivity index (χ1n) is 12.0. The third-order valence-corrected chi connectivity index (χ3v) is 7.86. The molecule has 4 aromatic rings. The summed E-state index contributed by atoms with van der Waals surface area (Å²) in [5.74, 6) is 0.0726. The van der Waals surface area contributed by atoms with Gasteiger partial charge in [0.1, 0.15) is 28.7 Å². The monoisotopic (exact) mass is 557 g/mol. The molecule has 0 aliphatic carbocycles. The van der Waals surface area contributed by atoms with Gasteiger partial charge in [0.15, 0.2) is 11.6 Å². The first kappa shape index (κ1) is 27.7. The zero-order valence-corrected chi connectivity index (χ0v) is 22.8. The van der Waals surface area contributed by atoms with Gasteiger partial charge >= 0.3 is 0 Å². The van der Waals surface area contributed by atoms with Gasteiger partial charge in [0.2, 0.25) is 21.9 Å². The van der Waals surface area contributed by atoms with Crippen molar-refractivity contribution in [2.75, 3.05) is 25.5 Å². The Morgan fingerprint density at radius 1 is 1.00 bits per heavy atom. The number of benzene rings is 1. The van der Waals surface area contributed by atoms with Crippen LogP contribution < -0.4 is 18.9 Å². The average Bonchev–Trinajstić information content (AvgIpc) is 3.34. The molecule has 1 aromatic carbocycles. The highest BCUT2D eigenvalue weighted by atomic mass is 32.2. The van der Waals surface area contributed by atoms with Crippen LogP contribution in [0.5, 0.6) is 17.4 Å². The van der Waals surface area contributed by atoms with E-state index in [1.807, 2.05) is 6.92 Å². The van der Waals surface area contributed by atoms with Crippen LogP contribution in [-0.2, 0) is 10.0 Å². The van der Waals surface area contributed by atoms with Crippen molar-refractivity contribution in [2.45, 2.75) is 31.9 Å². The zero-order chi connectivity index (χ0) is 28.2. The highest BCUT2D eigenvalue weighted by Crippen LogP contribution is 2.38. The van der Waals surface area contributed by atoms with E-state index in [2.05, 4.69) is 29.9 Å². The first-order valence-corrected chi connectivity index (χ1v) is 13.5. The van der Waals surface area contributed by atoms with Crippen LogP contribution >= 0.6 is 0 Å². The van der Waals surface area contributed by atoms with Crippen LogP contribution in [0.3, 0.4) is 0 Å². The maximum Gasteiger partial charge on any atom is 0.243 e. The summed E-state index contributed by atoms with van der Waals surface area (Å²) in [6.07, 6.45) is 1.98. The molecule has 0 radical (unpaired) electrons. The van der Waals surface area contributed by atoms with Crippen molar-refractivity contribution in [1.29, 1.82) is 0 Å². The van der Waals surface area contributed by atoms with Crippen molar-refractivity contribution in [3.05, 3.63) is 60.4 Å². The van der Waals surface area contributed by atoms with Crippen molar-refractivity contribution in [1.82, 2.24) is 29.7 Å². The molecule has 4 rings (SSSR count). The Morgan fingerprint density at radius 2 is 1.64 bits per heavy atom. The maximum absolute atomic E-state index is 13.5. The number of para-hydroxylation sites is 1. The third kappa shape index (κ3) is 5.74. The number of nitrogens with zero attached hydrogens (tertiary/aromatic N) is 6. The van der Waals surface area contributed by atoms with Crippen LogP contribution in [0.4, 0.5) is 10.3 Å². The fourth-order valence-electron chi connectivity index (χ4n) is 3.80. The van der Waals surface area contributed by atoms with Crippen LogP contribution in [0.25, 0.3) is 17.2 Å². The number of sulfonamides is 1. The molecule has 3 heterocycles. The molecule has 39 heavy (non-hydrogen) atoms. The van der Waals surface area contributed by atoms with E-state index < -0.39 is 27.0 Å². The molecule has 1 N–H and O–H groups in total. The van der Waals surface area contributed by atoms with Crippen molar-refractivity contribution >= 4 is 16.0 Å². The number of halogens is 1. The molecule has 3 aromatic heterocycles. The average molecular weight is 558 g/mol. The van der Waals surface area contributed by atoms with Crippen molar-refractivity contribution in [3.63, 3.8) is 0 Å². The molecule has 0 aliphatic rings. The predicted molar refractivity (Wildman–Crippen MR) is 141 cm³/mol. The van der Waals surface area contributed by atoms with Crippen LogP contribution in [0.2, 0.25) is 0 Å². The van der Waals surface area contributed by atoms with E-state index in [0.717, 1.165) is 12.4 Å². The minimum absolute atomic E-state index is 0.129. The molecule has 0 saturated heterocycles. The van der Waals surface area contributed by atoms with Gasteiger partial charge in [-0.2, -0.15) is 0 Å². The van der Waals surface area contributed by atoms with E-state index in [4.69, 9.17) is 14.2 Å². The quantitative estimate of drug-likeness (QED) is 0.290. The summed E-state index contributed by atoms with van der Waals surface area (Å²) in [6, 6.07) is 10.2. The van der Waals surface area contributed by atoms with E-state index >= 15 is 0 Å². The molecular formula is C25H28FN7O5S. The van der Waals surface area contributed by atoms with Crippen molar-refractivity contribution in [2.24, 2.45) is 0 Å². The summed E-state index contributed by atoms with van der Waals surface area (Å²) in [6.45, 7) is 5.38. The Morgan fingerprint density at radius 3 is 2.26 bits per heavy atom. The van der Waals surface area contributed by atoms with Gasteiger partial charge in [-0.15, -0.1) is 10.2 Å². The number of hydrogen-bond donors (Lipinski definition) is 1. The number of nitrogens with one attached hydrogen (secondary N) is 1. The summed E-state index contributed by atoms with van der Waals surface area (Å²) in [7, 11) is -1.14. The fraction of sp³-hybridized carbons (Fsp3) is 0.320. The predicted octanol–water partition coefficient (Wildman–Crippen LogP) is 3.61. The topological polar surface area (TPSA) is 143 Å². The summed E-state index contributed by atoms with van der Waals surface area (Å²) in [5, 5.41) is 7.39. The first-order chi connectivity index (χ1) is 18.7. The van der Waals surface area contributed by atoms with Crippen LogP contribution in [0.1, 0.15) is 32.5 Å². The van der Waals surface area contributed by atoms with E-state index in [1.54, 1.807) is 43.3 Å². The lowest BCUT2D eigenvalue weighted by Crippen LogP contribution is -2.31. The smallest absolute Gasteiger partial charge is 0.243 e. The Bertz CT molecular complexity index is 1520. The van der Waals surface area contributed by atoms with E-state index in [-0.39, 0.29) is 17.6 Å². The Kier molecular flexibility index (Phi) is 8.24. The molecule has 2 atom stereocenters. The molecule has 0 bridgehead atoms. The lowest BCUT2D eigenvalue weighted by atomic mass is 10.1. The Hall–Kier alpha value is -4.33. The van der Waals surface area contributed by atoms with E-state index in [9.17, 15) is 12.8 Å². The number of methoxy groups -OCH3 is 2. The number of pyridine rings is 1. The second kappa shape index (κ2) is 11.6. The minimum Gasteiger partial charge on any atom is -0.494 e. The van der Waals surface area contributed by atoms with Gasteiger partial charge in [-0.05, 0) is 32.0 Å². The maximum atomic E-state index is 13.5. The number of anilines is 1. The van der Waals surface area contributed by atoms with E-state index in [1.165, 1.54) is 25.7 Å². The zero-order valence-electron chi connectivity index (χ0n) is 22.0. The Labute approximate surface area is 225 Å². The third-order valence-electron chi connectivity index (χ3n) is 6.01. The van der Waals surface area contributed by atoms with Gasteiger partial charge in [-0.3, -0.25) is 9.29 Å². The van der Waals surface area contributed by atoms with Gasteiger partial charge in [-0.25, -0.2) is 27.8 Å². The van der Waals surface area contributed by atoms with Gasteiger partial charge in [0.25, 0.3) is 0 Å². The van der Waals surface area contributed by atoms with Gasteiger partial charge < -0.3 is 14.2 Å². The number of rotatable bonds is 11. The highest BCUT2D eigenvalue weighted by Gasteiger charge is 2.32. The van der Waals surface area contributed by atoms with Crippen molar-refractivity contribution in [3.8, 4) is 34.6 Å². The summed E-state index contributed by atoms with van der Waals surface area (Å²) >= 11 is 0. The lowest BCUT2D eigenvalue weighted by molar-refractivity contribution is 0.327. The standard InChI is InChI=1S/C25H28FN7O5S/c1-6-38-21-12-7-9-18(29-21)24-30-31-25(33(24)22-19(36-4)10-8-11-20(22)37-5)32-39(34,35)16(3)15(2)23-27-13-17(26)14-28-23/h7-16H,6H2,1-5H3,(H,31,32)/t15-,16-/m0/s1. The molecule has 12 nitrogen and oxygen atoms in total. The molecule has 0 unspecified atom stereocenters. The van der Waals surface area contributed by atoms with Crippen LogP contribution in [0.15, 0.2) is 48.8 Å². The molecule has 0 aliphatic heterocycles. The summed E-state index contributed by atoms with van der Waals surface area (Å²) in [5.41, 5.74) is 0.722. The summed E-state index contributed by atoms with van der Waals surface area (Å²) in [4.78, 5) is 12.4. The molecule has 0 fully saturated rings. The fourth-order valence-corrected chi connectivity index (χ4v) is 5.04. The molecule has 0 amide bonds. The van der Waals surface area contributed by atoms with Gasteiger partial charge in [-0.1, -0.05) is 19.1 Å². The number of hydrogen-bond acceptors (Lipinski definition) is 10. The second-order valence-corrected chi connectivity index (χ2v) is 10.4. The van der Waals surface area contributed by atoms with E-state index in [0.29, 0.717) is 35.4 Å². The highest BCUT2D eigenvalue weighted by molar-refractivity contribution is 7.93. The van der Waals surface area contributed by atoms with Crippen LogP contribution in [0, 0.1) is 5.82 Å². The minimum atomic E-state index is -4.10. The normalized spacial score (nSPS) is 13.0. The molecule has 14 heteroatoms.